The smallest absolute Gasteiger partial charge is 0.480 e. The lowest BCUT2D eigenvalue weighted by atomic mass is 9.93. The van der Waals surface area contributed by atoms with Gasteiger partial charge in [-0.15, -0.1) is 23.5 Å². The van der Waals surface area contributed by atoms with E-state index < -0.39 is 28.6 Å². The Morgan fingerprint density at radius 2 is 2.00 bits per heavy atom. The van der Waals surface area contributed by atoms with E-state index in [0.717, 1.165) is 0 Å². The van der Waals surface area contributed by atoms with Gasteiger partial charge in [0, 0.05) is 5.25 Å². The molecule has 1 N–H and O–H groups in total. The van der Waals surface area contributed by atoms with Gasteiger partial charge < -0.3 is 19.5 Å². The first-order valence-corrected chi connectivity index (χ1v) is 10.8. The molecule has 2 rings (SSSR count). The first-order valence-electron chi connectivity index (χ1n) is 7.73. The zero-order chi connectivity index (χ0) is 19.6. The number of β-lactam (4-membered cyclic amide) rings is 1. The highest BCUT2D eigenvalue weighted by molar-refractivity contribution is 8.17. The van der Waals surface area contributed by atoms with Gasteiger partial charge in [-0.2, -0.15) is 0 Å². The summed E-state index contributed by atoms with van der Waals surface area (Å²) in [5, 5.41) is 9.48. The second kappa shape index (κ2) is 8.86. The van der Waals surface area contributed by atoms with E-state index in [1.165, 1.54) is 28.4 Å². The molecule has 2 saturated heterocycles. The average Bonchev–Trinajstić information content (AvgIpc) is 2.83. The number of alkyl halides is 3. The number of carbonyl (C=O) groups is 3. The number of nitrogens with zero attached hydrogens (tertiary/aromatic N) is 1. The molecule has 0 aromatic rings. The van der Waals surface area contributed by atoms with Gasteiger partial charge in [-0.1, -0.05) is 48.7 Å². The minimum Gasteiger partial charge on any atom is -0.480 e. The van der Waals surface area contributed by atoms with Crippen molar-refractivity contribution >= 4 is 76.4 Å². The molecule has 2 fully saturated rings. The van der Waals surface area contributed by atoms with Crippen molar-refractivity contribution in [1.82, 2.24) is 4.90 Å². The Morgan fingerprint density at radius 3 is 2.54 bits per heavy atom. The Balaban J connectivity index is 1.83. The molecule has 148 valence electrons. The monoisotopic (exact) mass is 465 g/mol. The third-order valence-corrected chi connectivity index (χ3v) is 7.11. The normalized spacial score (nSPS) is 27.9. The Morgan fingerprint density at radius 1 is 1.35 bits per heavy atom. The van der Waals surface area contributed by atoms with E-state index in [2.05, 4.69) is 4.74 Å². The lowest BCUT2D eigenvalue weighted by Crippen LogP contribution is -2.61. The van der Waals surface area contributed by atoms with E-state index in [-0.39, 0.29) is 40.1 Å². The first-order chi connectivity index (χ1) is 12.0. The van der Waals surface area contributed by atoms with Gasteiger partial charge in [-0.05, 0) is 6.42 Å². The molecule has 2 aliphatic heterocycles. The molecule has 0 aromatic carbocycles. The fourth-order valence-electron chi connectivity index (χ4n) is 2.68. The van der Waals surface area contributed by atoms with Crippen molar-refractivity contribution in [2.75, 3.05) is 13.2 Å². The molecule has 0 aromatic heterocycles. The van der Waals surface area contributed by atoms with Crippen LogP contribution in [0.5, 0.6) is 0 Å². The number of halogens is 3. The molecular formula is C14H18Cl3NO6S2. The lowest BCUT2D eigenvalue weighted by Gasteiger charge is -2.43. The van der Waals surface area contributed by atoms with Crippen molar-refractivity contribution in [2.24, 2.45) is 5.92 Å². The van der Waals surface area contributed by atoms with Crippen LogP contribution in [-0.2, 0) is 19.1 Å². The molecule has 26 heavy (non-hydrogen) atoms. The van der Waals surface area contributed by atoms with Crippen LogP contribution in [0.2, 0.25) is 0 Å². The van der Waals surface area contributed by atoms with Gasteiger partial charge in [0.2, 0.25) is 9.70 Å². The summed E-state index contributed by atoms with van der Waals surface area (Å²) in [7, 11) is 0. The zero-order valence-electron chi connectivity index (χ0n) is 13.9. The second-order valence-electron chi connectivity index (χ2n) is 6.01. The molecule has 4 atom stereocenters. The van der Waals surface area contributed by atoms with Gasteiger partial charge in [0.05, 0.1) is 22.5 Å². The Kier molecular flexibility index (Phi) is 7.52. The van der Waals surface area contributed by atoms with Crippen LogP contribution in [-0.4, -0.2) is 66.3 Å². The highest BCUT2D eigenvalue weighted by atomic mass is 35.6. The number of carboxylic acids is 1. The average molecular weight is 467 g/mol. The van der Waals surface area contributed by atoms with Crippen LogP contribution in [0.15, 0.2) is 0 Å². The predicted octanol–water partition coefficient (Wildman–Crippen LogP) is 3.35. The van der Waals surface area contributed by atoms with Gasteiger partial charge in [-0.3, -0.25) is 4.79 Å². The van der Waals surface area contributed by atoms with Gasteiger partial charge in [0.15, 0.2) is 6.04 Å². The van der Waals surface area contributed by atoms with Gasteiger partial charge in [0.25, 0.3) is 0 Å². The highest BCUT2D eigenvalue weighted by Crippen LogP contribution is 2.52. The largest absolute Gasteiger partial charge is 0.508 e. The van der Waals surface area contributed by atoms with E-state index in [1.807, 2.05) is 13.8 Å². The van der Waals surface area contributed by atoms with Crippen molar-refractivity contribution < 1.29 is 29.0 Å². The van der Waals surface area contributed by atoms with Crippen LogP contribution in [0.4, 0.5) is 4.79 Å². The molecule has 0 spiro atoms. The zero-order valence-corrected chi connectivity index (χ0v) is 17.8. The van der Waals surface area contributed by atoms with E-state index >= 15 is 0 Å². The maximum Gasteiger partial charge on any atom is 0.508 e. The van der Waals surface area contributed by atoms with Crippen molar-refractivity contribution in [3.63, 3.8) is 0 Å². The Hall–Kier alpha value is -0.220. The lowest BCUT2D eigenvalue weighted by molar-refractivity contribution is -0.162. The molecule has 0 radical (unpaired) electrons. The molecule has 12 heteroatoms. The fraction of sp³-hybridized carbons (Fsp3) is 0.786. The quantitative estimate of drug-likeness (QED) is 0.347. The summed E-state index contributed by atoms with van der Waals surface area (Å²) in [6, 6.07) is -0.837. The standard InChI is InChI=1S/C14H18Cl3NO6S2/c1-6(2)25-12-8(11(20)21)18-9(19)7(10(18)26-12)3-4-23-13(22)24-5-14(15,16)17/h6-8,10,12H,3-5H2,1-2H3,(H,20,21)/t7-,8?,10+,12?/m0/s1. The van der Waals surface area contributed by atoms with Crippen LogP contribution >= 0.6 is 58.3 Å². The molecule has 2 heterocycles. The molecule has 0 saturated carbocycles. The number of ether oxygens (including phenoxy) is 2. The maximum atomic E-state index is 12.3. The van der Waals surface area contributed by atoms with Crippen LogP contribution in [0.25, 0.3) is 0 Å². The fourth-order valence-corrected chi connectivity index (χ4v) is 6.52. The van der Waals surface area contributed by atoms with Crippen molar-refractivity contribution in [3.8, 4) is 0 Å². The number of carbonyl (C=O) groups excluding carboxylic acids is 2. The van der Waals surface area contributed by atoms with Crippen molar-refractivity contribution in [1.29, 1.82) is 0 Å². The summed E-state index contributed by atoms with van der Waals surface area (Å²) >= 11 is 19.4. The third kappa shape index (κ3) is 5.41. The van der Waals surface area contributed by atoms with Crippen LogP contribution in [0.1, 0.15) is 20.3 Å². The van der Waals surface area contributed by atoms with Crippen LogP contribution in [0.3, 0.4) is 0 Å². The van der Waals surface area contributed by atoms with Crippen molar-refractivity contribution in [2.45, 2.75) is 45.3 Å². The minimum atomic E-state index is -1.72. The highest BCUT2D eigenvalue weighted by Gasteiger charge is 2.60. The number of carboxylic acid groups (broad SMARTS) is 1. The number of thioether (sulfide) groups is 2. The third-order valence-electron chi connectivity index (χ3n) is 3.68. The van der Waals surface area contributed by atoms with E-state index in [0.29, 0.717) is 0 Å². The molecule has 0 aliphatic carbocycles. The second-order valence-corrected chi connectivity index (χ2v) is 11.8. The molecule has 7 nitrogen and oxygen atoms in total. The summed E-state index contributed by atoms with van der Waals surface area (Å²) in [6.07, 6.45) is -0.711. The molecular weight excluding hydrogens is 449 g/mol. The number of aliphatic carboxylic acids is 1. The Bertz CT molecular complexity index is 573. The maximum absolute atomic E-state index is 12.3. The summed E-state index contributed by atoms with van der Waals surface area (Å²) in [5.74, 6) is -1.63. The molecule has 0 bridgehead atoms. The van der Waals surface area contributed by atoms with Gasteiger partial charge >= 0.3 is 12.1 Å². The number of rotatable bonds is 7. The number of hydrogen-bond acceptors (Lipinski definition) is 7. The van der Waals surface area contributed by atoms with Gasteiger partial charge in [0.1, 0.15) is 6.61 Å². The predicted molar refractivity (Wildman–Crippen MR) is 102 cm³/mol. The summed E-state index contributed by atoms with van der Waals surface area (Å²) in [5.41, 5.74) is 0. The molecule has 2 unspecified atom stereocenters. The Labute approximate surface area is 174 Å². The van der Waals surface area contributed by atoms with Crippen LogP contribution in [0, 0.1) is 5.92 Å². The SMILES string of the molecule is CC(C)SC1S[C@@H]2[C@@H](CCOC(=O)OCC(Cl)(Cl)Cl)C(=O)N2C1C(=O)O. The molecule has 2 aliphatic rings. The minimum absolute atomic E-state index is 0.0419. The summed E-state index contributed by atoms with van der Waals surface area (Å²) in [4.78, 5) is 36.7. The first kappa shape index (κ1) is 22.1. The van der Waals surface area contributed by atoms with E-state index in [1.54, 1.807) is 0 Å². The topological polar surface area (TPSA) is 93.1 Å². The number of hydrogen-bond donors (Lipinski definition) is 1. The summed E-state index contributed by atoms with van der Waals surface area (Å²) in [6.45, 7) is 3.48. The van der Waals surface area contributed by atoms with E-state index in [9.17, 15) is 19.5 Å². The van der Waals surface area contributed by atoms with E-state index in [4.69, 9.17) is 39.5 Å². The van der Waals surface area contributed by atoms with Crippen LogP contribution < -0.4 is 0 Å². The number of amides is 1. The molecule has 1 amide bonds. The number of fused-ring (bicyclic) bond motifs is 1. The van der Waals surface area contributed by atoms with Crippen molar-refractivity contribution in [3.05, 3.63) is 0 Å². The van der Waals surface area contributed by atoms with Gasteiger partial charge in [-0.25, -0.2) is 9.59 Å². The summed E-state index contributed by atoms with van der Waals surface area (Å²) < 4.78 is 7.55.